The molecule has 0 radical (unpaired) electrons. The Morgan fingerprint density at radius 2 is 1.69 bits per heavy atom. The van der Waals surface area contributed by atoms with E-state index in [4.69, 9.17) is 12.2 Å². The summed E-state index contributed by atoms with van der Waals surface area (Å²) >= 11 is 5.79. The number of pyridine rings is 1. The van der Waals surface area contributed by atoms with Crippen LogP contribution in [0.15, 0.2) is 91.3 Å². The van der Waals surface area contributed by atoms with E-state index in [1.165, 1.54) is 5.56 Å². The minimum absolute atomic E-state index is 0.0457. The van der Waals surface area contributed by atoms with Gasteiger partial charge in [0.2, 0.25) is 5.91 Å². The Hall–Kier alpha value is -3.97. The van der Waals surface area contributed by atoms with E-state index in [1.807, 2.05) is 55.5 Å². The highest BCUT2D eigenvalue weighted by molar-refractivity contribution is 7.80. The van der Waals surface area contributed by atoms with Gasteiger partial charge in [-0.3, -0.25) is 9.78 Å². The highest BCUT2D eigenvalue weighted by atomic mass is 32.1. The van der Waals surface area contributed by atoms with Gasteiger partial charge in [0, 0.05) is 42.4 Å². The predicted molar refractivity (Wildman–Crippen MR) is 147 cm³/mol. The number of carbonyl (C=O) groups is 1. The summed E-state index contributed by atoms with van der Waals surface area (Å²) in [4.78, 5) is 19.5. The van der Waals surface area contributed by atoms with Crippen molar-refractivity contribution in [1.29, 1.82) is 0 Å². The molecule has 1 fully saturated rings. The minimum Gasteiger partial charge on any atom is -0.352 e. The fourth-order valence-electron chi connectivity index (χ4n) is 4.63. The van der Waals surface area contributed by atoms with Gasteiger partial charge in [0.15, 0.2) is 5.11 Å². The second-order valence-electron chi connectivity index (χ2n) is 9.12. The van der Waals surface area contributed by atoms with E-state index in [9.17, 15) is 4.79 Å². The zero-order chi connectivity index (χ0) is 25.1. The molecular weight excluding hydrogens is 466 g/mol. The first-order valence-electron chi connectivity index (χ1n) is 12.1. The van der Waals surface area contributed by atoms with Gasteiger partial charge in [0.05, 0.1) is 17.8 Å². The third kappa shape index (κ3) is 5.02. The van der Waals surface area contributed by atoms with E-state index in [2.05, 4.69) is 68.5 Å². The van der Waals surface area contributed by atoms with E-state index in [0.29, 0.717) is 18.1 Å². The zero-order valence-corrected chi connectivity index (χ0v) is 21.2. The van der Waals surface area contributed by atoms with Gasteiger partial charge < -0.3 is 20.1 Å². The van der Waals surface area contributed by atoms with Crippen molar-refractivity contribution in [3.8, 4) is 5.69 Å². The van der Waals surface area contributed by atoms with Crippen molar-refractivity contribution in [2.75, 3.05) is 11.9 Å². The van der Waals surface area contributed by atoms with Crippen LogP contribution in [-0.2, 0) is 4.79 Å². The smallest absolute Gasteiger partial charge is 0.226 e. The summed E-state index contributed by atoms with van der Waals surface area (Å²) in [7, 11) is 0. The summed E-state index contributed by atoms with van der Waals surface area (Å²) < 4.78 is 2.19. The lowest BCUT2D eigenvalue weighted by atomic mass is 10.0. The number of anilines is 1. The van der Waals surface area contributed by atoms with Crippen LogP contribution in [0.3, 0.4) is 0 Å². The largest absolute Gasteiger partial charge is 0.352 e. The quantitative estimate of drug-likeness (QED) is 0.332. The number of hydrogen-bond donors (Lipinski definition) is 2. The number of aryl methyl sites for hydroxylation is 2. The van der Waals surface area contributed by atoms with Crippen LogP contribution in [0.1, 0.15) is 41.0 Å². The molecule has 4 aromatic rings. The number of nitrogens with zero attached hydrogens (tertiary/aromatic N) is 3. The third-order valence-electron chi connectivity index (χ3n) is 6.51. The average molecular weight is 496 g/mol. The summed E-state index contributed by atoms with van der Waals surface area (Å²) in [6.45, 7) is 4.59. The summed E-state index contributed by atoms with van der Waals surface area (Å²) in [5.74, 6) is -0.0457. The molecule has 0 saturated carbocycles. The first kappa shape index (κ1) is 23.8. The molecule has 1 amide bonds. The molecule has 2 N–H and O–H groups in total. The number of amides is 1. The summed E-state index contributed by atoms with van der Waals surface area (Å²) in [6.07, 6.45) is 4.18. The van der Waals surface area contributed by atoms with Gasteiger partial charge in [-0.15, -0.1) is 0 Å². The Balaban J connectivity index is 1.43. The van der Waals surface area contributed by atoms with E-state index in [-0.39, 0.29) is 18.0 Å². The van der Waals surface area contributed by atoms with Gasteiger partial charge in [0.1, 0.15) is 0 Å². The highest BCUT2D eigenvalue weighted by Gasteiger charge is 2.41. The molecule has 0 aliphatic carbocycles. The number of thiocarbonyl (C=S) groups is 1. The molecule has 36 heavy (non-hydrogen) atoms. The lowest BCUT2D eigenvalue weighted by molar-refractivity contribution is -0.116. The molecule has 1 aliphatic heterocycles. The second-order valence-corrected chi connectivity index (χ2v) is 9.51. The third-order valence-corrected chi connectivity index (χ3v) is 6.86. The van der Waals surface area contributed by atoms with Gasteiger partial charge in [0.25, 0.3) is 0 Å². The molecule has 2 atom stereocenters. The summed E-state index contributed by atoms with van der Waals surface area (Å²) in [6, 6.07) is 26.1. The maximum Gasteiger partial charge on any atom is 0.226 e. The van der Waals surface area contributed by atoms with E-state index < -0.39 is 0 Å². The number of hydrogen-bond acceptors (Lipinski definition) is 3. The second kappa shape index (κ2) is 10.3. The molecule has 0 unspecified atom stereocenters. The van der Waals surface area contributed by atoms with Crippen molar-refractivity contribution in [2.45, 2.75) is 32.4 Å². The van der Waals surface area contributed by atoms with Crippen molar-refractivity contribution in [2.24, 2.45) is 0 Å². The van der Waals surface area contributed by atoms with Gasteiger partial charge in [-0.2, -0.15) is 0 Å². The Morgan fingerprint density at radius 3 is 2.39 bits per heavy atom. The van der Waals surface area contributed by atoms with Crippen molar-refractivity contribution in [3.63, 3.8) is 0 Å². The summed E-state index contributed by atoms with van der Waals surface area (Å²) in [5.41, 5.74) is 6.23. The van der Waals surface area contributed by atoms with Crippen LogP contribution < -0.4 is 10.6 Å². The molecular formula is C29H29N5OS. The van der Waals surface area contributed by atoms with Gasteiger partial charge in [-0.05, 0) is 74.6 Å². The molecule has 3 heterocycles. The monoisotopic (exact) mass is 495 g/mol. The molecule has 6 nitrogen and oxygen atoms in total. The number of rotatable bonds is 7. The van der Waals surface area contributed by atoms with Crippen molar-refractivity contribution < 1.29 is 4.79 Å². The van der Waals surface area contributed by atoms with E-state index in [0.717, 1.165) is 28.3 Å². The van der Waals surface area contributed by atoms with Crippen molar-refractivity contribution in [3.05, 3.63) is 114 Å². The molecule has 5 rings (SSSR count). The Morgan fingerprint density at radius 1 is 0.972 bits per heavy atom. The molecule has 0 spiro atoms. The molecule has 0 bridgehead atoms. The molecule has 1 aliphatic rings. The highest BCUT2D eigenvalue weighted by Crippen LogP contribution is 2.39. The lowest BCUT2D eigenvalue weighted by Gasteiger charge is -2.29. The Bertz CT molecular complexity index is 1350. The maximum absolute atomic E-state index is 12.8. The Kier molecular flexibility index (Phi) is 6.82. The standard InChI is InChI=1S/C29H29N5OS/c1-20-8-12-22(13-9-20)31-26(35)16-19-34-28(27(32-29(34)36)24-6-3-4-17-30-24)25-7-5-18-33(25)23-14-10-21(2)11-15-23/h3-15,17-18,27-28H,16,19H2,1-2H3,(H,31,35)(H,32,36)/t27-,28-/m1/s1. The molecule has 2 aromatic heterocycles. The lowest BCUT2D eigenvalue weighted by Crippen LogP contribution is -2.33. The topological polar surface area (TPSA) is 62.2 Å². The fraction of sp³-hybridized carbons (Fsp3) is 0.207. The zero-order valence-electron chi connectivity index (χ0n) is 20.4. The first-order chi connectivity index (χ1) is 17.5. The maximum atomic E-state index is 12.8. The Labute approximate surface area is 217 Å². The molecule has 1 saturated heterocycles. The van der Waals surface area contributed by atoms with Crippen LogP contribution in [0.2, 0.25) is 0 Å². The molecule has 182 valence electrons. The number of carbonyl (C=O) groups excluding carboxylic acids is 1. The van der Waals surface area contributed by atoms with Gasteiger partial charge in [-0.25, -0.2) is 0 Å². The molecule has 7 heteroatoms. The van der Waals surface area contributed by atoms with Crippen LogP contribution in [0.4, 0.5) is 5.69 Å². The SMILES string of the molecule is Cc1ccc(NC(=O)CCN2C(=S)N[C@H](c3ccccn3)[C@H]2c2cccn2-c2ccc(C)cc2)cc1. The first-order valence-corrected chi connectivity index (χ1v) is 12.5. The van der Waals surface area contributed by atoms with Crippen molar-refractivity contribution in [1.82, 2.24) is 19.8 Å². The minimum atomic E-state index is -0.141. The van der Waals surface area contributed by atoms with Crippen LogP contribution >= 0.6 is 12.2 Å². The predicted octanol–water partition coefficient (Wildman–Crippen LogP) is 5.49. The van der Waals surface area contributed by atoms with E-state index >= 15 is 0 Å². The number of aromatic nitrogens is 2. The number of nitrogens with one attached hydrogen (secondary N) is 2. The fourth-order valence-corrected chi connectivity index (χ4v) is 4.96. The van der Waals surface area contributed by atoms with Gasteiger partial charge in [-0.1, -0.05) is 41.5 Å². The molecule has 2 aromatic carbocycles. The number of benzene rings is 2. The normalized spacial score (nSPS) is 17.2. The van der Waals surface area contributed by atoms with Crippen molar-refractivity contribution >= 4 is 28.9 Å². The van der Waals surface area contributed by atoms with Crippen LogP contribution in [-0.4, -0.2) is 32.0 Å². The van der Waals surface area contributed by atoms with E-state index in [1.54, 1.807) is 6.20 Å². The van der Waals surface area contributed by atoms with Crippen LogP contribution in [0, 0.1) is 13.8 Å². The van der Waals surface area contributed by atoms with Gasteiger partial charge >= 0.3 is 0 Å². The summed E-state index contributed by atoms with van der Waals surface area (Å²) in [5, 5.41) is 7.09. The van der Waals surface area contributed by atoms with Crippen LogP contribution in [0.5, 0.6) is 0 Å². The van der Waals surface area contributed by atoms with Crippen LogP contribution in [0.25, 0.3) is 5.69 Å². The average Bonchev–Trinajstić information content (AvgIpc) is 3.49.